The molecule has 0 aliphatic carbocycles. The smallest absolute Gasteiger partial charge is 0.0646 e. The Labute approximate surface area is 208 Å². The molecule has 0 amide bonds. The molecule has 0 radical (unpaired) electrons. The van der Waals surface area contributed by atoms with E-state index in [9.17, 15) is 0 Å². The van der Waals surface area contributed by atoms with Gasteiger partial charge in [-0.15, -0.1) is 49.6 Å². The summed E-state index contributed by atoms with van der Waals surface area (Å²) in [6.07, 6.45) is 3.71. The quantitative estimate of drug-likeness (QED) is 0.290. The van der Waals surface area contributed by atoms with E-state index in [-0.39, 0.29) is 49.6 Å². The summed E-state index contributed by atoms with van der Waals surface area (Å²) in [6.45, 7) is 1.41. The second-order valence-corrected chi connectivity index (χ2v) is 9.17. The van der Waals surface area contributed by atoms with Gasteiger partial charge in [0.25, 0.3) is 0 Å². The zero-order valence-electron chi connectivity index (χ0n) is 15.0. The Hall–Kier alpha value is 0.780. The summed E-state index contributed by atoms with van der Waals surface area (Å²) in [5.74, 6) is 3.71. The zero-order chi connectivity index (χ0) is 17.0. The molecule has 0 fully saturated rings. The predicted octanol–water partition coefficient (Wildman–Crippen LogP) is 5.35. The zero-order valence-corrected chi connectivity index (χ0v) is 21.6. The van der Waals surface area contributed by atoms with Crippen LogP contribution in [0.1, 0.15) is 11.4 Å². The van der Waals surface area contributed by atoms with E-state index >= 15 is 0 Å². The molecule has 0 spiro atoms. The van der Waals surface area contributed by atoms with Crippen LogP contribution in [-0.2, 0) is 11.5 Å². The van der Waals surface area contributed by atoms with Gasteiger partial charge in [-0.1, -0.05) is 21.6 Å². The lowest BCUT2D eigenvalue weighted by Gasteiger charge is -2.09. The van der Waals surface area contributed by atoms with Crippen LogP contribution in [0, 0.1) is 0 Å². The molecule has 162 valence electrons. The fourth-order valence-electron chi connectivity index (χ4n) is 1.81. The maximum Gasteiger partial charge on any atom is 0.0646 e. The first-order chi connectivity index (χ1) is 11.8. The Morgan fingerprint density at radius 2 is 1.07 bits per heavy atom. The third kappa shape index (κ3) is 12.5. The lowest BCUT2D eigenvalue weighted by Crippen LogP contribution is -2.02. The molecule has 4 N–H and O–H groups in total. The van der Waals surface area contributed by atoms with Crippen molar-refractivity contribution in [3.63, 3.8) is 0 Å². The van der Waals surface area contributed by atoms with Crippen molar-refractivity contribution in [3.8, 4) is 0 Å². The van der Waals surface area contributed by atoms with E-state index in [1.807, 2.05) is 48.1 Å². The van der Waals surface area contributed by atoms with Crippen molar-refractivity contribution >= 4 is 94.7 Å². The Morgan fingerprint density at radius 1 is 0.679 bits per heavy atom. The van der Waals surface area contributed by atoms with E-state index < -0.39 is 0 Å². The number of pyridine rings is 2. The molecule has 0 aromatic carbocycles. The molecule has 2 rings (SSSR count). The lowest BCUT2D eigenvalue weighted by atomic mass is 10.4. The first-order valence-electron chi connectivity index (χ1n) is 7.63. The molecule has 28 heavy (non-hydrogen) atoms. The number of nitrogens with zero attached hydrogens (tertiary/aromatic N) is 2. The van der Waals surface area contributed by atoms with E-state index in [2.05, 4.69) is 22.1 Å². The third-order valence-electron chi connectivity index (χ3n) is 2.92. The van der Waals surface area contributed by atoms with Crippen LogP contribution in [-0.4, -0.2) is 34.6 Å². The highest BCUT2D eigenvalue weighted by Crippen LogP contribution is 2.40. The highest BCUT2D eigenvalue weighted by molar-refractivity contribution is 8.76. The molecule has 0 unspecified atom stereocenters. The predicted molar refractivity (Wildman–Crippen MR) is 140 cm³/mol. The summed E-state index contributed by atoms with van der Waals surface area (Å²) in [5.41, 5.74) is 13.4. The highest BCUT2D eigenvalue weighted by atomic mass is 35.5. The molecule has 0 aliphatic rings. The number of hydrogen-bond acceptors (Lipinski definition) is 8. The largest absolute Gasteiger partial charge is 0.330 e. The summed E-state index contributed by atoms with van der Waals surface area (Å²) in [7, 11) is 3.49. The Kier molecular flexibility index (Phi) is 25.1. The summed E-state index contributed by atoms with van der Waals surface area (Å²) >= 11 is 3.64. The van der Waals surface area contributed by atoms with Gasteiger partial charge in [0.2, 0.25) is 0 Å². The van der Waals surface area contributed by atoms with Crippen molar-refractivity contribution in [1.29, 1.82) is 0 Å². The van der Waals surface area contributed by atoms with Crippen LogP contribution >= 0.6 is 94.7 Å². The molecule has 2 aromatic rings. The van der Waals surface area contributed by atoms with Gasteiger partial charge in [-0.25, -0.2) is 0 Å². The highest BCUT2D eigenvalue weighted by Gasteiger charge is 2.09. The summed E-state index contributed by atoms with van der Waals surface area (Å²) in [6, 6.07) is 8.23. The second kappa shape index (κ2) is 21.0. The van der Waals surface area contributed by atoms with Crippen LogP contribution < -0.4 is 11.5 Å². The van der Waals surface area contributed by atoms with Gasteiger partial charge in [0.05, 0.1) is 11.4 Å². The topological polar surface area (TPSA) is 77.8 Å². The Bertz CT molecular complexity index is 575. The number of rotatable bonds is 11. The molecule has 12 heteroatoms. The minimum Gasteiger partial charge on any atom is -0.330 e. The fourth-order valence-corrected chi connectivity index (χ4v) is 5.80. The molecule has 0 atom stereocenters. The van der Waals surface area contributed by atoms with E-state index in [0.717, 1.165) is 34.4 Å². The number of nitrogens with two attached hydrogens (primary N) is 2. The maximum atomic E-state index is 5.56. The number of aromatic nitrogens is 2. The maximum absolute atomic E-state index is 5.56. The van der Waals surface area contributed by atoms with E-state index in [0.29, 0.717) is 13.1 Å². The molecule has 2 heterocycles. The minimum absolute atomic E-state index is 0. The van der Waals surface area contributed by atoms with Crippen molar-refractivity contribution in [2.24, 2.45) is 11.5 Å². The Balaban J connectivity index is -0.00000156. The standard InChI is InChI=1S/C16H22N4S4.4ClH/c17-5-9-21-11-13-15(3-1-7-19-13)23-24-16-4-2-8-20-14(16)12-22-10-6-18;;;;/h1-4,7-8H,5-6,9-12,17-18H2;4*1H. The van der Waals surface area contributed by atoms with Crippen LogP contribution in [0.3, 0.4) is 0 Å². The van der Waals surface area contributed by atoms with Gasteiger partial charge in [-0.05, 0) is 24.3 Å². The monoisotopic (exact) mass is 542 g/mol. The average molecular weight is 544 g/mol. The van der Waals surface area contributed by atoms with Crippen molar-refractivity contribution < 1.29 is 0 Å². The van der Waals surface area contributed by atoms with E-state index in [4.69, 9.17) is 11.5 Å². The van der Waals surface area contributed by atoms with Gasteiger partial charge in [-0.3, -0.25) is 9.97 Å². The second-order valence-electron chi connectivity index (χ2n) is 4.75. The fraction of sp³-hybridized carbons (Fsp3) is 0.375. The number of hydrogen-bond donors (Lipinski definition) is 2. The van der Waals surface area contributed by atoms with Crippen molar-refractivity contribution in [2.45, 2.75) is 21.3 Å². The van der Waals surface area contributed by atoms with Crippen molar-refractivity contribution in [2.75, 3.05) is 24.6 Å². The molecule has 0 saturated carbocycles. The molecular formula is C16H26Cl4N4S4. The van der Waals surface area contributed by atoms with Gasteiger partial charge in [-0.2, -0.15) is 23.5 Å². The van der Waals surface area contributed by atoms with Crippen LogP contribution in [0.2, 0.25) is 0 Å². The summed E-state index contributed by atoms with van der Waals surface area (Å²) < 4.78 is 0. The Morgan fingerprint density at radius 3 is 1.43 bits per heavy atom. The number of thioether (sulfide) groups is 2. The lowest BCUT2D eigenvalue weighted by molar-refractivity contribution is 1.08. The van der Waals surface area contributed by atoms with E-state index in [1.165, 1.54) is 9.79 Å². The third-order valence-corrected chi connectivity index (χ3v) is 7.44. The molecule has 0 bridgehead atoms. The van der Waals surface area contributed by atoms with Crippen LogP contribution in [0.15, 0.2) is 46.5 Å². The van der Waals surface area contributed by atoms with Gasteiger partial charge in [0.1, 0.15) is 0 Å². The van der Waals surface area contributed by atoms with Crippen molar-refractivity contribution in [3.05, 3.63) is 48.0 Å². The van der Waals surface area contributed by atoms with Gasteiger partial charge < -0.3 is 11.5 Å². The van der Waals surface area contributed by atoms with Crippen LogP contribution in [0.25, 0.3) is 0 Å². The van der Waals surface area contributed by atoms with Gasteiger partial charge >= 0.3 is 0 Å². The normalized spacial score (nSPS) is 9.36. The SMILES string of the molecule is Cl.Cl.Cl.Cl.NCCSCc1ncccc1SSc1cccnc1CSCCN. The first kappa shape index (κ1) is 33.4. The van der Waals surface area contributed by atoms with Gasteiger partial charge in [0, 0.05) is 58.3 Å². The van der Waals surface area contributed by atoms with Crippen molar-refractivity contribution in [1.82, 2.24) is 9.97 Å². The summed E-state index contributed by atoms with van der Waals surface area (Å²) in [5, 5.41) is 0. The average Bonchev–Trinajstić information content (AvgIpc) is 2.62. The van der Waals surface area contributed by atoms with Gasteiger partial charge in [0.15, 0.2) is 0 Å². The van der Waals surface area contributed by atoms with Crippen LogP contribution in [0.4, 0.5) is 0 Å². The molecule has 0 aliphatic heterocycles. The number of halogens is 4. The molecule has 0 saturated heterocycles. The molecule has 4 nitrogen and oxygen atoms in total. The van der Waals surface area contributed by atoms with Crippen LogP contribution in [0.5, 0.6) is 0 Å². The van der Waals surface area contributed by atoms with E-state index in [1.54, 1.807) is 21.6 Å². The first-order valence-corrected chi connectivity index (χ1v) is 12.1. The molecular weight excluding hydrogens is 518 g/mol. The minimum atomic E-state index is 0. The molecule has 2 aromatic heterocycles. The summed E-state index contributed by atoms with van der Waals surface area (Å²) in [4.78, 5) is 11.4.